The summed E-state index contributed by atoms with van der Waals surface area (Å²) in [5, 5.41) is 10.6. The minimum Gasteiger partial charge on any atom is -0.382 e. The van der Waals surface area contributed by atoms with E-state index in [2.05, 4.69) is 0 Å². The van der Waals surface area contributed by atoms with E-state index in [0.29, 0.717) is 11.1 Å². The molecule has 0 spiro atoms. The van der Waals surface area contributed by atoms with E-state index in [1.54, 1.807) is 0 Å². The first-order chi connectivity index (χ1) is 9.70. The number of carbonyl (C=O) groups excluding carboxylic acids is 2. The first-order valence-electron chi connectivity index (χ1n) is 5.80. The van der Waals surface area contributed by atoms with Gasteiger partial charge in [0.15, 0.2) is 6.10 Å². The molecule has 1 unspecified atom stereocenters. The maximum absolute atomic E-state index is 12.0. The van der Waals surface area contributed by atoms with Gasteiger partial charge in [0.25, 0.3) is 0 Å². The van der Waals surface area contributed by atoms with Gasteiger partial charge < -0.3 is 16.2 Å². The zero-order chi connectivity index (χ0) is 16.0. The summed E-state index contributed by atoms with van der Waals surface area (Å²) in [7, 11) is 0. The van der Waals surface area contributed by atoms with Gasteiger partial charge in [0.1, 0.15) is 0 Å². The van der Waals surface area contributed by atoms with Crippen molar-refractivity contribution in [2.75, 3.05) is 6.54 Å². The lowest BCUT2D eigenvalue weighted by Crippen LogP contribution is -2.40. The lowest BCUT2D eigenvalue weighted by molar-refractivity contribution is -0.201. The molecule has 0 fully saturated rings. The number of primary amides is 1. The number of alkyl halides is 3. The summed E-state index contributed by atoms with van der Waals surface area (Å²) in [6, 6.07) is 5.95. The van der Waals surface area contributed by atoms with Crippen molar-refractivity contribution < 1.29 is 27.9 Å². The van der Waals surface area contributed by atoms with Gasteiger partial charge in [-0.15, -0.1) is 0 Å². The molecule has 0 aliphatic heterocycles. The quantitative estimate of drug-likeness (QED) is 0.704. The Morgan fingerprint density at radius 3 is 2.33 bits per heavy atom. The number of halogens is 3. The third kappa shape index (κ3) is 5.65. The summed E-state index contributed by atoms with van der Waals surface area (Å²) < 4.78 is 36.0. The number of amides is 2. The van der Waals surface area contributed by atoms with E-state index in [-0.39, 0.29) is 0 Å². The molecule has 1 aromatic rings. The predicted octanol–water partition coefficient (Wildman–Crippen LogP) is 0.838. The van der Waals surface area contributed by atoms with Crippen LogP contribution in [0.3, 0.4) is 0 Å². The van der Waals surface area contributed by atoms with E-state index in [9.17, 15) is 22.8 Å². The zero-order valence-electron chi connectivity index (χ0n) is 10.7. The van der Waals surface area contributed by atoms with Crippen LogP contribution in [0.15, 0.2) is 30.3 Å². The van der Waals surface area contributed by atoms with Gasteiger partial charge in [-0.25, -0.2) is 0 Å². The molecule has 114 valence electrons. The molecule has 0 saturated heterocycles. The molecule has 0 saturated carbocycles. The molecule has 0 aliphatic carbocycles. The van der Waals surface area contributed by atoms with Crippen LogP contribution in [0.25, 0.3) is 6.08 Å². The molecule has 0 aliphatic rings. The van der Waals surface area contributed by atoms with E-state index in [1.165, 1.54) is 30.3 Å². The Balaban J connectivity index is 2.52. The van der Waals surface area contributed by atoms with Crippen LogP contribution >= 0.6 is 0 Å². The van der Waals surface area contributed by atoms with E-state index < -0.39 is 30.6 Å². The first kappa shape index (κ1) is 16.7. The van der Waals surface area contributed by atoms with E-state index >= 15 is 0 Å². The van der Waals surface area contributed by atoms with E-state index in [4.69, 9.17) is 10.8 Å². The van der Waals surface area contributed by atoms with Crippen molar-refractivity contribution in [3.8, 4) is 0 Å². The van der Waals surface area contributed by atoms with Gasteiger partial charge >= 0.3 is 6.18 Å². The molecular weight excluding hydrogens is 289 g/mol. The number of benzene rings is 1. The van der Waals surface area contributed by atoms with Crippen LogP contribution in [0, 0.1) is 0 Å². The maximum Gasteiger partial charge on any atom is 0.416 e. The number of carbonyl (C=O) groups is 2. The number of nitrogens with two attached hydrogens (primary N) is 1. The highest BCUT2D eigenvalue weighted by atomic mass is 19.4. The minimum absolute atomic E-state index is 0.296. The fraction of sp³-hybridized carbons (Fsp3) is 0.231. The van der Waals surface area contributed by atoms with Crippen molar-refractivity contribution in [1.29, 1.82) is 0 Å². The number of rotatable bonds is 5. The molecule has 0 bridgehead atoms. The summed E-state index contributed by atoms with van der Waals surface area (Å²) in [5.74, 6) is -1.37. The third-order valence-electron chi connectivity index (χ3n) is 2.47. The van der Waals surface area contributed by atoms with Gasteiger partial charge in [0.2, 0.25) is 11.8 Å². The molecule has 8 heteroatoms. The third-order valence-corrected chi connectivity index (χ3v) is 2.47. The average Bonchev–Trinajstić information content (AvgIpc) is 2.41. The molecule has 21 heavy (non-hydrogen) atoms. The van der Waals surface area contributed by atoms with Crippen LogP contribution in [0.1, 0.15) is 15.9 Å². The van der Waals surface area contributed by atoms with Gasteiger partial charge in [-0.2, -0.15) is 13.2 Å². The highest BCUT2D eigenvalue weighted by Gasteiger charge is 2.37. The summed E-state index contributed by atoms with van der Waals surface area (Å²) in [6.45, 7) is -0.923. The highest BCUT2D eigenvalue weighted by Crippen LogP contribution is 2.19. The smallest absolute Gasteiger partial charge is 0.382 e. The number of hydrogen-bond donors (Lipinski definition) is 3. The van der Waals surface area contributed by atoms with Crippen LogP contribution in [0.4, 0.5) is 13.2 Å². The molecule has 1 rings (SSSR count). The highest BCUT2D eigenvalue weighted by molar-refractivity contribution is 5.94. The summed E-state index contributed by atoms with van der Waals surface area (Å²) >= 11 is 0. The Kier molecular flexibility index (Phi) is 5.48. The summed E-state index contributed by atoms with van der Waals surface area (Å²) in [4.78, 5) is 22.1. The molecular formula is C13H13F3N2O3. The van der Waals surface area contributed by atoms with Gasteiger partial charge in [0, 0.05) is 11.6 Å². The Bertz CT molecular complexity index is 539. The molecule has 1 atom stereocenters. The molecule has 0 heterocycles. The second kappa shape index (κ2) is 6.89. The van der Waals surface area contributed by atoms with Crippen molar-refractivity contribution >= 4 is 17.9 Å². The lowest BCUT2D eigenvalue weighted by Gasteiger charge is -2.14. The summed E-state index contributed by atoms with van der Waals surface area (Å²) in [5.41, 5.74) is 5.91. The molecule has 5 nitrogen and oxygen atoms in total. The van der Waals surface area contributed by atoms with E-state index in [1.807, 2.05) is 5.32 Å². The molecule has 4 N–H and O–H groups in total. The fourth-order valence-electron chi connectivity index (χ4n) is 1.30. The van der Waals surface area contributed by atoms with Crippen LogP contribution in [-0.4, -0.2) is 35.7 Å². The zero-order valence-corrected chi connectivity index (χ0v) is 10.7. The number of aliphatic hydroxyl groups excluding tert-OH is 1. The number of nitrogens with one attached hydrogen (secondary N) is 1. The Labute approximate surface area is 118 Å². The largest absolute Gasteiger partial charge is 0.416 e. The topological polar surface area (TPSA) is 92.4 Å². The molecule has 2 amide bonds. The molecule has 0 radical (unpaired) electrons. The monoisotopic (exact) mass is 302 g/mol. The minimum atomic E-state index is -4.78. The second-order valence-corrected chi connectivity index (χ2v) is 4.12. The van der Waals surface area contributed by atoms with Crippen molar-refractivity contribution in [3.63, 3.8) is 0 Å². The van der Waals surface area contributed by atoms with Crippen LogP contribution in [0.2, 0.25) is 0 Å². The van der Waals surface area contributed by atoms with E-state index in [0.717, 1.165) is 6.08 Å². The average molecular weight is 302 g/mol. The second-order valence-electron chi connectivity index (χ2n) is 4.12. The van der Waals surface area contributed by atoms with Crippen LogP contribution in [-0.2, 0) is 4.79 Å². The Morgan fingerprint density at radius 1 is 1.29 bits per heavy atom. The van der Waals surface area contributed by atoms with Gasteiger partial charge in [-0.3, -0.25) is 9.59 Å². The van der Waals surface area contributed by atoms with Gasteiger partial charge in [-0.05, 0) is 23.8 Å². The Morgan fingerprint density at radius 2 is 1.86 bits per heavy atom. The fourth-order valence-corrected chi connectivity index (χ4v) is 1.30. The lowest BCUT2D eigenvalue weighted by atomic mass is 10.1. The van der Waals surface area contributed by atoms with Crippen LogP contribution < -0.4 is 11.1 Å². The van der Waals surface area contributed by atoms with Crippen molar-refractivity contribution in [2.24, 2.45) is 5.73 Å². The maximum atomic E-state index is 12.0. The number of hydrogen-bond acceptors (Lipinski definition) is 3. The Hall–Kier alpha value is -2.35. The molecule has 0 aromatic heterocycles. The van der Waals surface area contributed by atoms with Crippen LogP contribution in [0.5, 0.6) is 0 Å². The normalized spacial score (nSPS) is 13.1. The molecule has 1 aromatic carbocycles. The van der Waals surface area contributed by atoms with Crippen molar-refractivity contribution in [2.45, 2.75) is 12.3 Å². The SMILES string of the molecule is NC(=O)c1ccc(/C=C/C(=O)NCC(O)C(F)(F)F)cc1. The van der Waals surface area contributed by atoms with Gasteiger partial charge in [-0.1, -0.05) is 12.1 Å². The first-order valence-corrected chi connectivity index (χ1v) is 5.80. The standard InChI is InChI=1S/C13H13F3N2O3/c14-13(15,16)10(19)7-18-11(20)6-3-8-1-4-9(5-2-8)12(17)21/h1-6,10,19H,7H2,(H2,17,21)(H,18,20)/b6-3+. The number of aliphatic hydroxyl groups is 1. The predicted molar refractivity (Wildman–Crippen MR) is 69.1 cm³/mol. The summed E-state index contributed by atoms with van der Waals surface area (Å²) in [6.07, 6.45) is -5.02. The van der Waals surface area contributed by atoms with Gasteiger partial charge in [0.05, 0.1) is 6.54 Å². The van der Waals surface area contributed by atoms with Crippen molar-refractivity contribution in [1.82, 2.24) is 5.32 Å². The van der Waals surface area contributed by atoms with Crippen molar-refractivity contribution in [3.05, 3.63) is 41.5 Å².